The number of fused-ring (bicyclic) bond motifs is 1. The van der Waals surface area contributed by atoms with Gasteiger partial charge in [-0.1, -0.05) is 48.5 Å². The Kier molecular flexibility index (Phi) is 5.82. The molecule has 2 aliphatic heterocycles. The zero-order valence-corrected chi connectivity index (χ0v) is 19.3. The third-order valence-corrected chi connectivity index (χ3v) is 8.81. The molecule has 7 nitrogen and oxygen atoms in total. The molecule has 1 aromatic heterocycles. The largest absolute Gasteiger partial charge is 0.410 e. The zero-order chi connectivity index (χ0) is 24.8. The van der Waals surface area contributed by atoms with Crippen molar-refractivity contribution in [3.05, 3.63) is 78.0 Å². The predicted octanol–water partition coefficient (Wildman–Crippen LogP) is 4.23. The van der Waals surface area contributed by atoms with Gasteiger partial charge in [-0.3, -0.25) is 4.79 Å². The lowest BCUT2D eigenvalue weighted by atomic mass is 9.96. The van der Waals surface area contributed by atoms with Crippen LogP contribution in [-0.2, 0) is 9.84 Å². The summed E-state index contributed by atoms with van der Waals surface area (Å²) < 4.78 is 68.5. The summed E-state index contributed by atoms with van der Waals surface area (Å²) in [6.07, 6.45) is -3.44. The van der Waals surface area contributed by atoms with Gasteiger partial charge in [0.15, 0.2) is 15.9 Å². The highest BCUT2D eigenvalue weighted by atomic mass is 32.2. The lowest BCUT2D eigenvalue weighted by Gasteiger charge is -2.34. The summed E-state index contributed by atoms with van der Waals surface area (Å²) >= 11 is 0. The molecule has 11 heteroatoms. The van der Waals surface area contributed by atoms with Crippen LogP contribution in [0, 0.1) is 0 Å². The number of aromatic nitrogens is 2. The first-order chi connectivity index (χ1) is 16.7. The minimum Gasteiger partial charge on any atom is -0.363 e. The third kappa shape index (κ3) is 4.29. The second kappa shape index (κ2) is 8.71. The van der Waals surface area contributed by atoms with Crippen molar-refractivity contribution in [3.63, 3.8) is 0 Å². The number of benzene rings is 2. The lowest BCUT2D eigenvalue weighted by molar-refractivity contribution is -0.173. The van der Waals surface area contributed by atoms with Crippen LogP contribution in [0.2, 0.25) is 0 Å². The summed E-state index contributed by atoms with van der Waals surface area (Å²) in [5.74, 6) is -0.550. The number of amides is 1. The molecular weight excluding hydrogens is 481 g/mol. The predicted molar refractivity (Wildman–Crippen MR) is 123 cm³/mol. The standard InChI is InChI=1S/C24H23F3N4O3S/c25-24(26,27)21-13-20(16-7-3-1-4-8-16)29-22-19(14-28-31(21)22)23(32)30-12-11-18(15-30)35(33,34)17-9-5-2-6-10-17/h1-10,14,18,20-21,29H,11-13,15H2/t18?,20-,21+/m1/s1. The van der Waals surface area contributed by atoms with Gasteiger partial charge in [-0.15, -0.1) is 0 Å². The normalized spacial score (nSPS) is 22.5. The molecular formula is C24H23F3N4O3S. The van der Waals surface area contributed by atoms with Crippen LogP contribution in [0.1, 0.15) is 40.8 Å². The van der Waals surface area contributed by atoms with E-state index in [1.165, 1.54) is 17.0 Å². The lowest BCUT2D eigenvalue weighted by Crippen LogP contribution is -2.37. The van der Waals surface area contributed by atoms with Gasteiger partial charge in [0.2, 0.25) is 0 Å². The van der Waals surface area contributed by atoms with E-state index in [1.807, 2.05) is 0 Å². The summed E-state index contributed by atoms with van der Waals surface area (Å²) in [4.78, 5) is 14.9. The highest BCUT2D eigenvalue weighted by Gasteiger charge is 2.48. The first kappa shape index (κ1) is 23.4. The van der Waals surface area contributed by atoms with Gasteiger partial charge in [0.25, 0.3) is 5.91 Å². The van der Waals surface area contributed by atoms with Gasteiger partial charge >= 0.3 is 6.18 Å². The average Bonchev–Trinajstić information content (AvgIpc) is 3.52. The number of carbonyl (C=O) groups excluding carboxylic acids is 1. The number of hydrogen-bond acceptors (Lipinski definition) is 5. The van der Waals surface area contributed by atoms with Crippen molar-refractivity contribution in [3.8, 4) is 0 Å². The number of hydrogen-bond donors (Lipinski definition) is 1. The number of anilines is 1. The van der Waals surface area contributed by atoms with Gasteiger partial charge in [-0.2, -0.15) is 18.3 Å². The van der Waals surface area contributed by atoms with Crippen LogP contribution in [0.25, 0.3) is 0 Å². The van der Waals surface area contributed by atoms with Crippen molar-refractivity contribution >= 4 is 21.6 Å². The quantitative estimate of drug-likeness (QED) is 0.575. The molecule has 1 amide bonds. The maximum absolute atomic E-state index is 13.9. The van der Waals surface area contributed by atoms with Gasteiger partial charge in [0.1, 0.15) is 11.4 Å². The molecule has 0 spiro atoms. The Hall–Kier alpha value is -3.34. The van der Waals surface area contributed by atoms with Crippen LogP contribution in [-0.4, -0.2) is 53.5 Å². The van der Waals surface area contributed by atoms with Crippen LogP contribution < -0.4 is 5.32 Å². The average molecular weight is 505 g/mol. The summed E-state index contributed by atoms with van der Waals surface area (Å²) in [6, 6.07) is 14.2. The highest BCUT2D eigenvalue weighted by Crippen LogP contribution is 2.44. The van der Waals surface area contributed by atoms with E-state index in [1.54, 1.807) is 48.5 Å². The van der Waals surface area contributed by atoms with E-state index in [-0.39, 0.29) is 42.2 Å². The Morgan fingerprint density at radius 3 is 2.34 bits per heavy atom. The van der Waals surface area contributed by atoms with Gasteiger partial charge in [0, 0.05) is 19.5 Å². The second-order valence-corrected chi connectivity index (χ2v) is 11.0. The topological polar surface area (TPSA) is 84.3 Å². The molecule has 3 aromatic rings. The molecule has 1 unspecified atom stereocenters. The number of nitrogens with one attached hydrogen (secondary N) is 1. The van der Waals surface area contributed by atoms with E-state index >= 15 is 0 Å². The Morgan fingerprint density at radius 2 is 1.69 bits per heavy atom. The molecule has 2 aromatic carbocycles. The van der Waals surface area contributed by atoms with E-state index in [2.05, 4.69) is 10.4 Å². The molecule has 1 fully saturated rings. The van der Waals surface area contributed by atoms with Crippen molar-refractivity contribution in [2.24, 2.45) is 0 Å². The van der Waals surface area contributed by atoms with Crippen molar-refractivity contribution in [2.45, 2.75) is 41.2 Å². The fourth-order valence-corrected chi connectivity index (χ4v) is 6.48. The van der Waals surface area contributed by atoms with Crippen molar-refractivity contribution in [1.82, 2.24) is 14.7 Å². The van der Waals surface area contributed by atoms with E-state index in [4.69, 9.17) is 0 Å². The molecule has 0 bridgehead atoms. The smallest absolute Gasteiger partial charge is 0.363 e. The summed E-state index contributed by atoms with van der Waals surface area (Å²) in [5.41, 5.74) is 0.667. The fourth-order valence-electron chi connectivity index (χ4n) is 4.76. The van der Waals surface area contributed by atoms with Gasteiger partial charge in [0.05, 0.1) is 22.4 Å². The minimum absolute atomic E-state index is 0.00219. The number of sulfone groups is 1. The number of carbonyl (C=O) groups is 1. The highest BCUT2D eigenvalue weighted by molar-refractivity contribution is 7.92. The van der Waals surface area contributed by atoms with E-state index in [0.717, 1.165) is 10.9 Å². The SMILES string of the molecule is O=C(c1cnn2c1N[C@@H](c1ccccc1)C[C@H]2C(F)(F)F)N1CCC(S(=O)(=O)c2ccccc2)C1. The molecule has 2 aliphatic rings. The molecule has 1 saturated heterocycles. The molecule has 1 N–H and O–H groups in total. The van der Waals surface area contributed by atoms with E-state index in [9.17, 15) is 26.4 Å². The number of alkyl halides is 3. The molecule has 3 heterocycles. The molecule has 5 rings (SSSR count). The number of nitrogens with zero attached hydrogens (tertiary/aromatic N) is 3. The molecule has 0 radical (unpaired) electrons. The zero-order valence-electron chi connectivity index (χ0n) is 18.5. The molecule has 35 heavy (non-hydrogen) atoms. The minimum atomic E-state index is -4.56. The van der Waals surface area contributed by atoms with Gasteiger partial charge in [-0.25, -0.2) is 13.1 Å². The Morgan fingerprint density at radius 1 is 1.03 bits per heavy atom. The Balaban J connectivity index is 1.42. The molecule has 3 atom stereocenters. The van der Waals surface area contributed by atoms with E-state index in [0.29, 0.717) is 5.56 Å². The van der Waals surface area contributed by atoms with Crippen molar-refractivity contribution in [1.29, 1.82) is 0 Å². The third-order valence-electron chi connectivity index (χ3n) is 6.61. The molecule has 184 valence electrons. The Bertz CT molecular complexity index is 1330. The van der Waals surface area contributed by atoms with E-state index < -0.39 is 39.3 Å². The Labute approximate surface area is 200 Å². The maximum Gasteiger partial charge on any atom is 0.410 e. The molecule has 0 saturated carbocycles. The van der Waals surface area contributed by atoms with Crippen LogP contribution in [0.5, 0.6) is 0 Å². The van der Waals surface area contributed by atoms with Crippen LogP contribution in [0.15, 0.2) is 71.8 Å². The summed E-state index contributed by atoms with van der Waals surface area (Å²) in [5, 5.41) is 6.20. The number of halogens is 3. The van der Waals surface area contributed by atoms with Crippen LogP contribution in [0.3, 0.4) is 0 Å². The summed E-state index contributed by atoms with van der Waals surface area (Å²) in [6.45, 7) is 0.149. The second-order valence-electron chi connectivity index (χ2n) is 8.77. The number of rotatable bonds is 4. The van der Waals surface area contributed by atoms with Crippen molar-refractivity contribution in [2.75, 3.05) is 18.4 Å². The van der Waals surface area contributed by atoms with Gasteiger partial charge < -0.3 is 10.2 Å². The molecule has 0 aliphatic carbocycles. The fraction of sp³-hybridized carbons (Fsp3) is 0.333. The monoisotopic (exact) mass is 504 g/mol. The number of likely N-dealkylation sites (tertiary alicyclic amines) is 1. The maximum atomic E-state index is 13.9. The van der Waals surface area contributed by atoms with Crippen molar-refractivity contribution < 1.29 is 26.4 Å². The first-order valence-electron chi connectivity index (χ1n) is 11.2. The first-order valence-corrected chi connectivity index (χ1v) is 12.7. The summed E-state index contributed by atoms with van der Waals surface area (Å²) in [7, 11) is -3.64. The van der Waals surface area contributed by atoms with Gasteiger partial charge in [-0.05, 0) is 24.1 Å². The van der Waals surface area contributed by atoms with Crippen LogP contribution >= 0.6 is 0 Å². The van der Waals surface area contributed by atoms with Crippen LogP contribution in [0.4, 0.5) is 19.0 Å².